The number of hydrogen-bond acceptors (Lipinski definition) is 5. The zero-order valence-electron chi connectivity index (χ0n) is 29.4. The van der Waals surface area contributed by atoms with Crippen LogP contribution in [0.5, 0.6) is 0 Å². The molecule has 5 aliphatic carbocycles. The molecule has 5 rings (SSSR count). The van der Waals surface area contributed by atoms with Gasteiger partial charge in [-0.3, -0.25) is 14.4 Å². The van der Waals surface area contributed by atoms with Crippen molar-refractivity contribution in [1.82, 2.24) is 5.32 Å². The zero-order valence-corrected chi connectivity index (χ0v) is 29.4. The number of hydrogen-bond donors (Lipinski definition) is 3. The monoisotopic (exact) mass is 629 g/mol. The molecule has 5 fully saturated rings. The Morgan fingerprint density at radius 2 is 1.56 bits per heavy atom. The molecule has 1 amide bonds. The third-order valence-corrected chi connectivity index (χ3v) is 15.3. The van der Waals surface area contributed by atoms with Crippen LogP contribution in [0.3, 0.4) is 0 Å². The number of esters is 1. The van der Waals surface area contributed by atoms with Crippen LogP contribution in [0.2, 0.25) is 0 Å². The molecule has 7 heteroatoms. The Morgan fingerprint density at radius 1 is 0.822 bits per heavy atom. The van der Waals surface area contributed by atoms with E-state index < -0.39 is 11.4 Å². The molecule has 0 aromatic carbocycles. The Balaban J connectivity index is 1.33. The minimum atomic E-state index is -0.830. The standard InChI is InChI=1S/C38H63NO6/c1-33(2,24-30(41)42)17-15-31(43)45-29-14-18-35(5)27(34(29,3)4)13-19-37(7)28(35)12-11-25-26-10-8-9-16-38(26,21-20-36(25,37)6)32(44)39-22-23-40/h25-29,40H,8-24H2,1-7H3,(H,39,44)(H,41,42)/t25?,26-,27?,28?,29?,35?,36-,37?,38?/m1/s1. The Bertz CT molecular complexity index is 1150. The predicted molar refractivity (Wildman–Crippen MR) is 175 cm³/mol. The van der Waals surface area contributed by atoms with Crippen LogP contribution in [0.15, 0.2) is 0 Å². The van der Waals surface area contributed by atoms with Gasteiger partial charge in [0.25, 0.3) is 0 Å². The molecule has 0 aromatic heterocycles. The predicted octanol–water partition coefficient (Wildman–Crippen LogP) is 7.53. The third kappa shape index (κ3) is 5.67. The zero-order chi connectivity index (χ0) is 33.1. The molecule has 0 spiro atoms. The average molecular weight is 630 g/mol. The van der Waals surface area contributed by atoms with E-state index in [1.54, 1.807) is 0 Å². The highest BCUT2D eigenvalue weighted by Crippen LogP contribution is 2.76. The molecule has 0 bridgehead atoms. The van der Waals surface area contributed by atoms with Crippen LogP contribution >= 0.6 is 0 Å². The van der Waals surface area contributed by atoms with Crippen molar-refractivity contribution in [3.63, 3.8) is 0 Å². The number of carbonyl (C=O) groups excluding carboxylic acids is 2. The summed E-state index contributed by atoms with van der Waals surface area (Å²) in [6.07, 6.45) is 14.0. The maximum atomic E-state index is 13.7. The number of aliphatic carboxylic acids is 1. The normalized spacial score (nSPS) is 42.3. The van der Waals surface area contributed by atoms with Crippen molar-refractivity contribution in [3.05, 3.63) is 0 Å². The first-order valence-electron chi connectivity index (χ1n) is 18.3. The van der Waals surface area contributed by atoms with Crippen LogP contribution in [-0.4, -0.2) is 47.3 Å². The van der Waals surface area contributed by atoms with E-state index in [2.05, 4.69) is 39.9 Å². The van der Waals surface area contributed by atoms with Crippen LogP contribution in [0, 0.1) is 56.2 Å². The molecule has 5 saturated carbocycles. The van der Waals surface area contributed by atoms with Gasteiger partial charge < -0.3 is 20.3 Å². The van der Waals surface area contributed by atoms with Gasteiger partial charge >= 0.3 is 11.9 Å². The van der Waals surface area contributed by atoms with E-state index in [-0.39, 0.29) is 64.5 Å². The fraction of sp³-hybridized carbons (Fsp3) is 0.921. The fourth-order valence-electron chi connectivity index (χ4n) is 12.8. The van der Waals surface area contributed by atoms with Crippen LogP contribution in [0.4, 0.5) is 0 Å². The van der Waals surface area contributed by atoms with E-state index in [9.17, 15) is 24.6 Å². The Kier molecular flexibility index (Phi) is 9.34. The molecule has 3 N–H and O–H groups in total. The lowest BCUT2D eigenvalue weighted by molar-refractivity contribution is -0.252. The highest BCUT2D eigenvalue weighted by Gasteiger charge is 2.70. The van der Waals surface area contributed by atoms with Gasteiger partial charge in [-0.05, 0) is 116 Å². The largest absolute Gasteiger partial charge is 0.481 e. The van der Waals surface area contributed by atoms with Crippen LogP contribution in [0.25, 0.3) is 0 Å². The number of rotatable bonds is 9. The molecular weight excluding hydrogens is 566 g/mol. The Hall–Kier alpha value is -1.63. The summed E-state index contributed by atoms with van der Waals surface area (Å²) in [7, 11) is 0. The molecule has 0 saturated heterocycles. The topological polar surface area (TPSA) is 113 Å². The maximum absolute atomic E-state index is 13.7. The van der Waals surface area contributed by atoms with Gasteiger partial charge in [0.05, 0.1) is 18.4 Å². The number of aliphatic hydroxyl groups excluding tert-OH is 1. The van der Waals surface area contributed by atoms with Crippen molar-refractivity contribution in [2.24, 2.45) is 56.2 Å². The molecule has 256 valence electrons. The number of fused-ring (bicyclic) bond motifs is 7. The minimum absolute atomic E-state index is 0.00545. The first-order chi connectivity index (χ1) is 21.0. The summed E-state index contributed by atoms with van der Waals surface area (Å²) in [6.45, 7) is 16.6. The van der Waals surface area contributed by atoms with Crippen LogP contribution in [0.1, 0.15) is 145 Å². The number of nitrogens with one attached hydrogen (secondary N) is 1. The summed E-state index contributed by atoms with van der Waals surface area (Å²) in [5.74, 6) is 1.25. The van der Waals surface area contributed by atoms with E-state index in [4.69, 9.17) is 4.74 Å². The molecule has 0 aromatic rings. The van der Waals surface area contributed by atoms with Gasteiger partial charge in [-0.1, -0.05) is 61.3 Å². The summed E-state index contributed by atoms with van der Waals surface area (Å²) in [5, 5.41) is 21.8. The lowest BCUT2D eigenvalue weighted by atomic mass is 9.32. The summed E-state index contributed by atoms with van der Waals surface area (Å²) in [4.78, 5) is 38.1. The van der Waals surface area contributed by atoms with Crippen molar-refractivity contribution < 1.29 is 29.3 Å². The average Bonchev–Trinajstić information content (AvgIpc) is 2.96. The number of ether oxygens (including phenoxy) is 1. The van der Waals surface area contributed by atoms with Crippen molar-refractivity contribution in [2.45, 2.75) is 151 Å². The van der Waals surface area contributed by atoms with Gasteiger partial charge in [0, 0.05) is 18.4 Å². The minimum Gasteiger partial charge on any atom is -0.481 e. The number of carboxylic acids is 1. The first-order valence-corrected chi connectivity index (χ1v) is 18.3. The quantitative estimate of drug-likeness (QED) is 0.227. The van der Waals surface area contributed by atoms with Gasteiger partial charge in [-0.2, -0.15) is 0 Å². The van der Waals surface area contributed by atoms with Crippen LogP contribution < -0.4 is 5.32 Å². The lowest BCUT2D eigenvalue weighted by Crippen LogP contribution is -2.68. The first kappa shape index (κ1) is 34.7. The second kappa shape index (κ2) is 12.1. The SMILES string of the molecule is CC(C)(CCC(=O)OC1CCC2(C)C(CCC3(C)C2CCC2[C@H]4CCCCC4(C(=O)NCCO)CC[C@]23C)C1(C)C)CC(=O)O. The van der Waals surface area contributed by atoms with Crippen molar-refractivity contribution >= 4 is 17.8 Å². The maximum Gasteiger partial charge on any atom is 0.306 e. The molecule has 9 atom stereocenters. The second-order valence-electron chi connectivity index (χ2n) is 18.2. The van der Waals surface area contributed by atoms with E-state index >= 15 is 0 Å². The van der Waals surface area contributed by atoms with Crippen molar-refractivity contribution in [1.29, 1.82) is 0 Å². The number of carbonyl (C=O) groups is 3. The molecule has 7 unspecified atom stereocenters. The van der Waals surface area contributed by atoms with E-state index in [0.717, 1.165) is 51.4 Å². The highest BCUT2D eigenvalue weighted by atomic mass is 16.5. The molecule has 5 aliphatic rings. The van der Waals surface area contributed by atoms with Crippen molar-refractivity contribution in [2.75, 3.05) is 13.2 Å². The number of amides is 1. The van der Waals surface area contributed by atoms with Gasteiger partial charge in [-0.25, -0.2) is 0 Å². The summed E-state index contributed by atoms with van der Waals surface area (Å²) >= 11 is 0. The molecule has 0 radical (unpaired) electrons. The summed E-state index contributed by atoms with van der Waals surface area (Å²) < 4.78 is 6.25. The second-order valence-corrected chi connectivity index (χ2v) is 18.2. The summed E-state index contributed by atoms with van der Waals surface area (Å²) in [6, 6.07) is 0. The smallest absolute Gasteiger partial charge is 0.306 e. The van der Waals surface area contributed by atoms with E-state index in [0.29, 0.717) is 36.6 Å². The molecule has 0 heterocycles. The molecular formula is C38H63NO6. The van der Waals surface area contributed by atoms with E-state index in [1.807, 2.05) is 13.8 Å². The molecule has 0 aliphatic heterocycles. The van der Waals surface area contributed by atoms with Gasteiger partial charge in [0.2, 0.25) is 5.91 Å². The third-order valence-electron chi connectivity index (χ3n) is 15.3. The number of carboxylic acid groups (broad SMARTS) is 1. The Morgan fingerprint density at radius 3 is 2.24 bits per heavy atom. The number of aliphatic hydroxyl groups is 1. The van der Waals surface area contributed by atoms with Crippen molar-refractivity contribution in [3.8, 4) is 0 Å². The highest BCUT2D eigenvalue weighted by molar-refractivity contribution is 5.83. The molecule has 7 nitrogen and oxygen atoms in total. The van der Waals surface area contributed by atoms with Crippen LogP contribution in [-0.2, 0) is 19.1 Å². The molecule has 45 heavy (non-hydrogen) atoms. The van der Waals surface area contributed by atoms with E-state index in [1.165, 1.54) is 25.7 Å². The fourth-order valence-corrected chi connectivity index (χ4v) is 12.8. The summed E-state index contributed by atoms with van der Waals surface area (Å²) in [5.41, 5.74) is -0.252. The Labute approximate surface area is 272 Å². The van der Waals surface area contributed by atoms with Gasteiger partial charge in [0.15, 0.2) is 0 Å². The van der Waals surface area contributed by atoms with Gasteiger partial charge in [0.1, 0.15) is 6.10 Å². The lowest BCUT2D eigenvalue weighted by Gasteiger charge is -2.73. The van der Waals surface area contributed by atoms with Gasteiger partial charge in [-0.15, -0.1) is 0 Å².